The number of rotatable bonds is 4. The monoisotopic (exact) mass is 324 g/mol. The molecule has 0 amide bonds. The van der Waals surface area contributed by atoms with Crippen LogP contribution in [0.5, 0.6) is 0 Å². The third-order valence-corrected chi connectivity index (χ3v) is 6.45. The molecule has 6 heteroatoms. The molecule has 0 spiro atoms. The molecule has 1 saturated heterocycles. The molecule has 2 rings (SSSR count). The summed E-state index contributed by atoms with van der Waals surface area (Å²) >= 11 is 1.96. The third-order valence-electron chi connectivity index (χ3n) is 3.51. The van der Waals surface area contributed by atoms with E-state index in [9.17, 15) is 8.42 Å². The van der Waals surface area contributed by atoms with Crippen molar-refractivity contribution in [2.24, 2.45) is 0 Å². The van der Waals surface area contributed by atoms with Gasteiger partial charge in [-0.25, -0.2) is 8.42 Å². The summed E-state index contributed by atoms with van der Waals surface area (Å²) in [6, 6.07) is 8.13. The largest absolute Gasteiger partial charge is 0.300 e. The van der Waals surface area contributed by atoms with Crippen LogP contribution in [0.1, 0.15) is 19.4 Å². The second-order valence-electron chi connectivity index (χ2n) is 5.47. The Labute approximate surface area is 131 Å². The van der Waals surface area contributed by atoms with Crippen LogP contribution in [0, 0.1) is 11.3 Å². The molecule has 0 bridgehead atoms. The maximum absolute atomic E-state index is 12.3. The van der Waals surface area contributed by atoms with Crippen molar-refractivity contribution in [3.8, 4) is 6.07 Å². The SMILES string of the molecule is CC1CN(CCS(=O)(=O)c2ccc(C#N)cc2)CC(C)S1. The highest BCUT2D eigenvalue weighted by atomic mass is 32.2. The minimum Gasteiger partial charge on any atom is -0.300 e. The van der Waals surface area contributed by atoms with Crippen molar-refractivity contribution in [1.82, 2.24) is 4.90 Å². The van der Waals surface area contributed by atoms with E-state index in [1.54, 1.807) is 12.1 Å². The predicted octanol–water partition coefficient (Wildman–Crippen LogP) is 2.16. The van der Waals surface area contributed by atoms with Gasteiger partial charge in [0.05, 0.1) is 22.3 Å². The molecule has 1 fully saturated rings. The van der Waals surface area contributed by atoms with Gasteiger partial charge in [-0.3, -0.25) is 0 Å². The lowest BCUT2D eigenvalue weighted by Crippen LogP contribution is -2.42. The highest BCUT2D eigenvalue weighted by Crippen LogP contribution is 2.24. The van der Waals surface area contributed by atoms with E-state index in [-0.39, 0.29) is 5.75 Å². The Bertz CT molecular complexity index is 610. The van der Waals surface area contributed by atoms with E-state index in [4.69, 9.17) is 5.26 Å². The van der Waals surface area contributed by atoms with Gasteiger partial charge >= 0.3 is 0 Å². The zero-order valence-electron chi connectivity index (χ0n) is 12.3. The van der Waals surface area contributed by atoms with Crippen LogP contribution in [-0.2, 0) is 9.84 Å². The molecule has 114 valence electrons. The van der Waals surface area contributed by atoms with E-state index < -0.39 is 9.84 Å². The normalized spacial score (nSPS) is 23.7. The minimum atomic E-state index is -3.28. The van der Waals surface area contributed by atoms with Crippen molar-refractivity contribution >= 4 is 21.6 Å². The number of benzene rings is 1. The third kappa shape index (κ3) is 4.47. The molecule has 21 heavy (non-hydrogen) atoms. The molecular weight excluding hydrogens is 304 g/mol. The highest BCUT2D eigenvalue weighted by molar-refractivity contribution is 8.00. The Balaban J connectivity index is 1.99. The number of nitrogens with zero attached hydrogens (tertiary/aromatic N) is 2. The summed E-state index contributed by atoms with van der Waals surface area (Å²) in [6.45, 7) is 6.82. The number of hydrogen-bond acceptors (Lipinski definition) is 5. The van der Waals surface area contributed by atoms with Gasteiger partial charge in [0.15, 0.2) is 9.84 Å². The number of sulfone groups is 1. The van der Waals surface area contributed by atoms with Gasteiger partial charge in [0.1, 0.15) is 0 Å². The molecule has 4 nitrogen and oxygen atoms in total. The minimum absolute atomic E-state index is 0.128. The summed E-state index contributed by atoms with van der Waals surface area (Å²) in [6.07, 6.45) is 0. The molecule has 1 aromatic rings. The smallest absolute Gasteiger partial charge is 0.179 e. The molecule has 1 aromatic carbocycles. The summed E-state index contributed by atoms with van der Waals surface area (Å²) in [7, 11) is -3.28. The topological polar surface area (TPSA) is 61.2 Å². The summed E-state index contributed by atoms with van der Waals surface area (Å²) in [5.74, 6) is 0.128. The molecule has 0 saturated carbocycles. The molecule has 1 aliphatic rings. The van der Waals surface area contributed by atoms with Crippen LogP contribution in [0.4, 0.5) is 0 Å². The lowest BCUT2D eigenvalue weighted by atomic mass is 10.2. The Morgan fingerprint density at radius 1 is 1.24 bits per heavy atom. The van der Waals surface area contributed by atoms with Gasteiger partial charge in [0, 0.05) is 30.1 Å². The number of hydrogen-bond donors (Lipinski definition) is 0. The van der Waals surface area contributed by atoms with Gasteiger partial charge in [-0.1, -0.05) is 13.8 Å². The Morgan fingerprint density at radius 2 is 1.81 bits per heavy atom. The van der Waals surface area contributed by atoms with Crippen LogP contribution < -0.4 is 0 Å². The van der Waals surface area contributed by atoms with Crippen LogP contribution in [0.3, 0.4) is 0 Å². The molecule has 0 N–H and O–H groups in total. The van der Waals surface area contributed by atoms with E-state index >= 15 is 0 Å². The summed E-state index contributed by atoms with van der Waals surface area (Å²) in [5.41, 5.74) is 0.477. The van der Waals surface area contributed by atoms with Crippen molar-refractivity contribution in [3.63, 3.8) is 0 Å². The van der Waals surface area contributed by atoms with Gasteiger partial charge < -0.3 is 4.90 Å². The number of nitriles is 1. The molecule has 0 aromatic heterocycles. The van der Waals surface area contributed by atoms with Crippen molar-refractivity contribution in [2.75, 3.05) is 25.4 Å². The van der Waals surface area contributed by atoms with Crippen LogP contribution in [0.15, 0.2) is 29.2 Å². The molecule has 1 heterocycles. The van der Waals surface area contributed by atoms with Crippen LogP contribution in [0.25, 0.3) is 0 Å². The molecule has 0 radical (unpaired) electrons. The van der Waals surface area contributed by atoms with Crippen molar-refractivity contribution in [1.29, 1.82) is 5.26 Å². The Kier molecular flexibility index (Phi) is 5.31. The fraction of sp³-hybridized carbons (Fsp3) is 0.533. The van der Waals surface area contributed by atoms with E-state index in [2.05, 4.69) is 18.7 Å². The quantitative estimate of drug-likeness (QED) is 0.849. The molecule has 2 unspecified atom stereocenters. The lowest BCUT2D eigenvalue weighted by Gasteiger charge is -2.34. The van der Waals surface area contributed by atoms with E-state index in [0.29, 0.717) is 27.5 Å². The first kappa shape index (κ1) is 16.3. The van der Waals surface area contributed by atoms with E-state index in [0.717, 1.165) is 13.1 Å². The molecule has 2 atom stereocenters. The fourth-order valence-electron chi connectivity index (χ4n) is 2.57. The summed E-state index contributed by atoms with van der Waals surface area (Å²) in [5, 5.41) is 9.84. The predicted molar refractivity (Wildman–Crippen MR) is 86.2 cm³/mol. The van der Waals surface area contributed by atoms with Crippen LogP contribution >= 0.6 is 11.8 Å². The summed E-state index contributed by atoms with van der Waals surface area (Å²) < 4.78 is 24.6. The van der Waals surface area contributed by atoms with Crippen LogP contribution in [0.2, 0.25) is 0 Å². The zero-order chi connectivity index (χ0) is 15.5. The van der Waals surface area contributed by atoms with Gasteiger partial charge in [-0.05, 0) is 24.3 Å². The van der Waals surface area contributed by atoms with Crippen molar-refractivity contribution in [2.45, 2.75) is 29.2 Å². The Morgan fingerprint density at radius 3 is 2.33 bits per heavy atom. The van der Waals surface area contributed by atoms with Crippen molar-refractivity contribution in [3.05, 3.63) is 29.8 Å². The van der Waals surface area contributed by atoms with Gasteiger partial charge in [0.2, 0.25) is 0 Å². The number of thioether (sulfide) groups is 1. The first-order valence-electron chi connectivity index (χ1n) is 7.01. The van der Waals surface area contributed by atoms with Gasteiger partial charge in [-0.2, -0.15) is 17.0 Å². The van der Waals surface area contributed by atoms with Crippen molar-refractivity contribution < 1.29 is 8.42 Å². The average molecular weight is 324 g/mol. The lowest BCUT2D eigenvalue weighted by molar-refractivity contribution is 0.286. The summed E-state index contributed by atoms with van der Waals surface area (Å²) in [4.78, 5) is 2.53. The van der Waals surface area contributed by atoms with E-state index in [1.165, 1.54) is 12.1 Å². The standard InChI is InChI=1S/C15H20N2O2S2/c1-12-10-17(11-13(2)20-12)7-8-21(18,19)15-5-3-14(9-16)4-6-15/h3-6,12-13H,7-8,10-11H2,1-2H3. The molecule has 0 aliphatic carbocycles. The van der Waals surface area contributed by atoms with E-state index in [1.807, 2.05) is 17.8 Å². The second kappa shape index (κ2) is 6.82. The van der Waals surface area contributed by atoms with Crippen LogP contribution in [-0.4, -0.2) is 49.2 Å². The fourth-order valence-corrected chi connectivity index (χ4v) is 5.24. The van der Waals surface area contributed by atoms with Gasteiger partial charge in [0.25, 0.3) is 0 Å². The first-order valence-corrected chi connectivity index (χ1v) is 9.61. The molecular formula is C15H20N2O2S2. The molecule has 1 aliphatic heterocycles. The van der Waals surface area contributed by atoms with Gasteiger partial charge in [-0.15, -0.1) is 0 Å². The average Bonchev–Trinajstić information content (AvgIpc) is 2.44. The zero-order valence-corrected chi connectivity index (χ0v) is 14.0. The maximum Gasteiger partial charge on any atom is 0.179 e. The highest BCUT2D eigenvalue weighted by Gasteiger charge is 2.24. The second-order valence-corrected chi connectivity index (χ2v) is 9.46. The maximum atomic E-state index is 12.3. The first-order chi connectivity index (χ1) is 9.90. The Hall–Kier alpha value is -1.03.